The Kier molecular flexibility index (Phi) is 6.97. The second kappa shape index (κ2) is 10.1. The van der Waals surface area contributed by atoms with Gasteiger partial charge in [0.2, 0.25) is 0 Å². The van der Waals surface area contributed by atoms with Gasteiger partial charge >= 0.3 is 6.09 Å². The van der Waals surface area contributed by atoms with Gasteiger partial charge in [0.05, 0.1) is 11.3 Å². The molecular formula is C30H29NO4. The molecule has 0 radical (unpaired) electrons. The number of aldehydes is 1. The lowest BCUT2D eigenvalue weighted by Gasteiger charge is -2.24. The number of nitrogens with zero attached hydrogens (tertiary/aromatic N) is 1. The number of anilines is 1. The molecule has 1 aliphatic heterocycles. The molecule has 0 saturated carbocycles. The summed E-state index contributed by atoms with van der Waals surface area (Å²) < 4.78 is 5.57. The summed E-state index contributed by atoms with van der Waals surface area (Å²) in [5.74, 6) is -0.538. The van der Waals surface area contributed by atoms with Gasteiger partial charge in [-0.1, -0.05) is 78.9 Å². The molecule has 3 aromatic rings. The van der Waals surface area contributed by atoms with Gasteiger partial charge in [-0.25, -0.2) is 9.69 Å². The number of hydrogen-bond donors (Lipinski definition) is 0. The lowest BCUT2D eigenvalue weighted by atomic mass is 9.84. The largest absolute Gasteiger partial charge is 0.443 e. The highest BCUT2D eigenvalue weighted by Gasteiger charge is 2.40. The van der Waals surface area contributed by atoms with Crippen LogP contribution in [0.1, 0.15) is 56.2 Å². The molecule has 4 rings (SSSR count). The van der Waals surface area contributed by atoms with Crippen molar-refractivity contribution in [3.05, 3.63) is 102 Å². The number of amides is 2. The van der Waals surface area contributed by atoms with E-state index in [4.69, 9.17) is 4.74 Å². The van der Waals surface area contributed by atoms with Crippen molar-refractivity contribution in [3.8, 4) is 0 Å². The zero-order valence-corrected chi connectivity index (χ0v) is 20.2. The van der Waals surface area contributed by atoms with Crippen LogP contribution in [-0.4, -0.2) is 23.9 Å². The summed E-state index contributed by atoms with van der Waals surface area (Å²) >= 11 is 0. The molecule has 0 aliphatic carbocycles. The van der Waals surface area contributed by atoms with Gasteiger partial charge in [-0.3, -0.25) is 4.79 Å². The highest BCUT2D eigenvalue weighted by Crippen LogP contribution is 2.44. The predicted octanol–water partition coefficient (Wildman–Crippen LogP) is 6.64. The van der Waals surface area contributed by atoms with Gasteiger partial charge in [-0.05, 0) is 55.9 Å². The molecule has 1 heterocycles. The Hall–Kier alpha value is -3.99. The Balaban J connectivity index is 1.89. The van der Waals surface area contributed by atoms with Crippen molar-refractivity contribution >= 4 is 35.1 Å². The molecule has 3 aromatic carbocycles. The van der Waals surface area contributed by atoms with Crippen LogP contribution in [0.4, 0.5) is 10.5 Å². The van der Waals surface area contributed by atoms with Crippen LogP contribution in [-0.2, 0) is 14.3 Å². The van der Waals surface area contributed by atoms with Crippen LogP contribution in [0.3, 0.4) is 0 Å². The molecule has 178 valence electrons. The number of benzene rings is 3. The lowest BCUT2D eigenvalue weighted by molar-refractivity contribution is -0.112. The fraction of sp³-hybridized carbons (Fsp3) is 0.233. The molecule has 35 heavy (non-hydrogen) atoms. The van der Waals surface area contributed by atoms with Crippen molar-refractivity contribution in [2.24, 2.45) is 0 Å². The van der Waals surface area contributed by atoms with E-state index in [1.807, 2.05) is 72.8 Å². The lowest BCUT2D eigenvalue weighted by Crippen LogP contribution is -2.38. The fourth-order valence-electron chi connectivity index (χ4n) is 4.43. The molecular weight excluding hydrogens is 438 g/mol. The smallest absolute Gasteiger partial charge is 0.422 e. The van der Waals surface area contributed by atoms with E-state index in [2.05, 4.69) is 0 Å². The van der Waals surface area contributed by atoms with Gasteiger partial charge in [-0.15, -0.1) is 0 Å². The Morgan fingerprint density at radius 2 is 1.51 bits per heavy atom. The molecule has 1 aliphatic rings. The summed E-state index contributed by atoms with van der Waals surface area (Å²) in [4.78, 5) is 39.7. The minimum atomic E-state index is -0.747. The molecule has 0 N–H and O–H groups in total. The van der Waals surface area contributed by atoms with Crippen LogP contribution >= 0.6 is 0 Å². The van der Waals surface area contributed by atoms with E-state index in [-0.39, 0.29) is 5.92 Å². The number of carbonyl (C=O) groups is 3. The Labute approximate surface area is 206 Å². The summed E-state index contributed by atoms with van der Waals surface area (Å²) in [5.41, 5.74) is 3.60. The first-order valence-electron chi connectivity index (χ1n) is 11.7. The molecule has 1 atom stereocenters. The quantitative estimate of drug-likeness (QED) is 0.301. The molecule has 0 bridgehead atoms. The molecule has 0 unspecified atom stereocenters. The highest BCUT2D eigenvalue weighted by atomic mass is 16.6. The van der Waals surface area contributed by atoms with Crippen LogP contribution in [0, 0.1) is 0 Å². The first kappa shape index (κ1) is 24.1. The van der Waals surface area contributed by atoms with Gasteiger partial charge in [0, 0.05) is 12.0 Å². The molecule has 5 nitrogen and oxygen atoms in total. The third kappa shape index (κ3) is 5.24. The number of rotatable bonds is 6. The molecule has 0 saturated heterocycles. The second-order valence-corrected chi connectivity index (χ2v) is 9.57. The number of ether oxygens (including phenoxy) is 1. The summed E-state index contributed by atoms with van der Waals surface area (Å²) in [6, 6.07) is 26.8. The van der Waals surface area contributed by atoms with E-state index >= 15 is 0 Å². The Morgan fingerprint density at radius 1 is 0.914 bits per heavy atom. The first-order valence-corrected chi connectivity index (χ1v) is 11.7. The van der Waals surface area contributed by atoms with Crippen LogP contribution in [0.2, 0.25) is 0 Å². The highest BCUT2D eigenvalue weighted by molar-refractivity contribution is 6.42. The molecule has 5 heteroatoms. The SMILES string of the molecule is CC(C)(C)OC(=O)N1C(=O)/C(=C(\C[C@@H](CC=O)c2ccccc2)c2ccccc2)c2ccccc21. The van der Waals surface area contributed by atoms with E-state index in [0.29, 0.717) is 29.7 Å². The van der Waals surface area contributed by atoms with Crippen molar-refractivity contribution in [1.82, 2.24) is 0 Å². The second-order valence-electron chi connectivity index (χ2n) is 9.57. The Bertz CT molecular complexity index is 1260. The van der Waals surface area contributed by atoms with E-state index in [1.54, 1.807) is 32.9 Å². The van der Waals surface area contributed by atoms with Gasteiger partial charge in [0.25, 0.3) is 5.91 Å². The van der Waals surface area contributed by atoms with Gasteiger partial charge < -0.3 is 9.53 Å². The van der Waals surface area contributed by atoms with Gasteiger partial charge in [-0.2, -0.15) is 0 Å². The van der Waals surface area contributed by atoms with E-state index in [9.17, 15) is 14.4 Å². The normalized spacial score (nSPS) is 15.4. The zero-order chi connectivity index (χ0) is 25.0. The number of carbonyl (C=O) groups excluding carboxylic acids is 3. The van der Waals surface area contributed by atoms with Crippen LogP contribution < -0.4 is 4.90 Å². The summed E-state index contributed by atoms with van der Waals surface area (Å²) in [7, 11) is 0. The number of fused-ring (bicyclic) bond motifs is 1. The first-order chi connectivity index (χ1) is 16.8. The van der Waals surface area contributed by atoms with Gasteiger partial charge in [0.15, 0.2) is 0 Å². The number of hydrogen-bond acceptors (Lipinski definition) is 4. The van der Waals surface area contributed by atoms with Gasteiger partial charge in [0.1, 0.15) is 11.9 Å². The van der Waals surface area contributed by atoms with Crippen molar-refractivity contribution in [2.45, 2.75) is 45.1 Å². The number of allylic oxidation sites excluding steroid dienone is 1. The van der Waals surface area contributed by atoms with Crippen LogP contribution in [0.15, 0.2) is 84.9 Å². The van der Waals surface area contributed by atoms with Crippen molar-refractivity contribution in [3.63, 3.8) is 0 Å². The van der Waals surface area contributed by atoms with Crippen LogP contribution in [0.25, 0.3) is 11.1 Å². The average molecular weight is 468 g/mol. The minimum absolute atomic E-state index is 0.119. The maximum absolute atomic E-state index is 13.9. The van der Waals surface area contributed by atoms with Crippen LogP contribution in [0.5, 0.6) is 0 Å². The number of para-hydroxylation sites is 1. The standard InChI is InChI=1S/C30H29NO4/c1-30(2,3)35-29(34)31-26-17-11-10-16-24(26)27(28(31)33)25(22-14-8-5-9-15-22)20-23(18-19-32)21-12-6-4-7-13-21/h4-17,19,23H,18,20H2,1-3H3/b27-25+/t23-/m1/s1. The number of imide groups is 1. The van der Waals surface area contributed by atoms with Crippen molar-refractivity contribution in [1.29, 1.82) is 0 Å². The third-order valence-electron chi connectivity index (χ3n) is 5.93. The molecule has 0 spiro atoms. The van der Waals surface area contributed by atoms with Crippen molar-refractivity contribution < 1.29 is 19.1 Å². The summed E-state index contributed by atoms with van der Waals surface area (Å²) in [6.07, 6.45) is 0.997. The maximum Gasteiger partial charge on any atom is 0.422 e. The Morgan fingerprint density at radius 3 is 2.14 bits per heavy atom. The average Bonchev–Trinajstić information content (AvgIpc) is 3.13. The van der Waals surface area contributed by atoms with E-state index < -0.39 is 17.6 Å². The molecule has 2 amide bonds. The maximum atomic E-state index is 13.9. The molecule has 0 aromatic heterocycles. The van der Waals surface area contributed by atoms with E-state index in [1.165, 1.54) is 0 Å². The summed E-state index contributed by atoms with van der Waals surface area (Å²) in [6.45, 7) is 5.31. The minimum Gasteiger partial charge on any atom is -0.443 e. The fourth-order valence-corrected chi connectivity index (χ4v) is 4.43. The van der Waals surface area contributed by atoms with E-state index in [0.717, 1.165) is 27.9 Å². The van der Waals surface area contributed by atoms with Crippen molar-refractivity contribution in [2.75, 3.05) is 4.90 Å². The third-order valence-corrected chi connectivity index (χ3v) is 5.93. The zero-order valence-electron chi connectivity index (χ0n) is 20.2. The topological polar surface area (TPSA) is 63.7 Å². The summed E-state index contributed by atoms with van der Waals surface area (Å²) in [5, 5.41) is 0. The monoisotopic (exact) mass is 467 g/mol. The predicted molar refractivity (Wildman–Crippen MR) is 138 cm³/mol. The molecule has 0 fully saturated rings.